The number of likely N-dealkylation sites (N-methyl/N-ethyl adjacent to an activating group) is 1. The lowest BCUT2D eigenvalue weighted by Gasteiger charge is -2.30. The Balaban J connectivity index is 1.22. The summed E-state index contributed by atoms with van der Waals surface area (Å²) in [6.45, 7) is 2.60. The quantitative estimate of drug-likeness (QED) is 0.274. The molecule has 1 amide bonds. The van der Waals surface area contributed by atoms with Crippen LogP contribution in [0.25, 0.3) is 39.0 Å². The molecule has 6 aromatic rings. The van der Waals surface area contributed by atoms with Crippen molar-refractivity contribution in [1.29, 1.82) is 0 Å². The van der Waals surface area contributed by atoms with Crippen molar-refractivity contribution in [1.82, 2.24) is 44.2 Å². The van der Waals surface area contributed by atoms with Crippen LogP contribution in [-0.4, -0.2) is 95.6 Å². The fraction of sp³-hybridized carbons (Fsp3) is 0.303. The van der Waals surface area contributed by atoms with Gasteiger partial charge >= 0.3 is 6.01 Å². The SMILES string of the molecule is CO[C@@H]1CN(C)C(=O)[C@@H]2C[C@@H](CN2c2ncnc3c2cnn3-c2ccc(F)cc2F)Oc2nccc(n2)-c2cc(F)cc3nc(C)n(c23)C1. The number of fused-ring (bicyclic) bond motifs is 6. The first-order valence-electron chi connectivity index (χ1n) is 15.5. The van der Waals surface area contributed by atoms with Crippen LogP contribution in [0.5, 0.6) is 6.01 Å². The number of amides is 1. The predicted molar refractivity (Wildman–Crippen MR) is 171 cm³/mol. The first-order chi connectivity index (χ1) is 23.7. The van der Waals surface area contributed by atoms with Gasteiger partial charge in [-0.3, -0.25) is 4.79 Å². The number of aromatic nitrogens is 8. The van der Waals surface area contributed by atoms with E-state index >= 15 is 0 Å². The Hall–Kier alpha value is -5.64. The molecule has 3 atom stereocenters. The number of imidazole rings is 1. The molecule has 16 heteroatoms. The lowest BCUT2D eigenvalue weighted by Crippen LogP contribution is -2.47. The van der Waals surface area contributed by atoms with Crippen LogP contribution in [0.4, 0.5) is 19.0 Å². The number of anilines is 1. The van der Waals surface area contributed by atoms with E-state index in [0.29, 0.717) is 45.9 Å². The summed E-state index contributed by atoms with van der Waals surface area (Å²) >= 11 is 0. The number of benzene rings is 2. The fourth-order valence-electron chi connectivity index (χ4n) is 6.77. The molecule has 6 heterocycles. The van der Waals surface area contributed by atoms with E-state index in [9.17, 15) is 18.0 Å². The number of carbonyl (C=O) groups is 1. The molecule has 8 rings (SSSR count). The maximum atomic E-state index is 14.9. The molecule has 0 saturated carbocycles. The third-order valence-electron chi connectivity index (χ3n) is 9.05. The molecule has 49 heavy (non-hydrogen) atoms. The molecule has 2 aliphatic rings. The highest BCUT2D eigenvalue weighted by molar-refractivity contribution is 5.93. The summed E-state index contributed by atoms with van der Waals surface area (Å²) in [6.07, 6.45) is 3.57. The van der Waals surface area contributed by atoms with Crippen LogP contribution in [0.3, 0.4) is 0 Å². The molecule has 0 radical (unpaired) electrons. The Kier molecular flexibility index (Phi) is 7.39. The first-order valence-corrected chi connectivity index (χ1v) is 15.5. The van der Waals surface area contributed by atoms with Gasteiger partial charge in [-0.2, -0.15) is 10.1 Å². The number of ether oxygens (including phenoxy) is 2. The van der Waals surface area contributed by atoms with Gasteiger partial charge in [-0.05, 0) is 31.2 Å². The molecule has 0 N–H and O–H groups in total. The van der Waals surface area contributed by atoms with Crippen LogP contribution >= 0.6 is 0 Å². The van der Waals surface area contributed by atoms with E-state index in [2.05, 4.69) is 30.0 Å². The average molecular weight is 671 g/mol. The van der Waals surface area contributed by atoms with Crippen LogP contribution in [0.1, 0.15) is 12.2 Å². The number of carbonyl (C=O) groups excluding carboxylic acids is 1. The van der Waals surface area contributed by atoms with Crippen LogP contribution in [0, 0.1) is 24.4 Å². The van der Waals surface area contributed by atoms with Gasteiger partial charge in [0.2, 0.25) is 5.91 Å². The minimum absolute atomic E-state index is 0.00646. The van der Waals surface area contributed by atoms with Gasteiger partial charge in [-0.15, -0.1) is 0 Å². The number of halogens is 3. The smallest absolute Gasteiger partial charge is 0.317 e. The number of hydrogen-bond donors (Lipinski definition) is 0. The van der Waals surface area contributed by atoms with E-state index in [1.807, 2.05) is 16.4 Å². The second-order valence-electron chi connectivity index (χ2n) is 12.1. The molecule has 0 spiro atoms. The molecule has 1 fully saturated rings. The third-order valence-corrected chi connectivity index (χ3v) is 9.05. The second kappa shape index (κ2) is 11.8. The Morgan fingerprint density at radius 1 is 0.980 bits per heavy atom. The van der Waals surface area contributed by atoms with Crippen molar-refractivity contribution in [3.05, 3.63) is 78.4 Å². The van der Waals surface area contributed by atoms with Crippen molar-refractivity contribution in [3.63, 3.8) is 0 Å². The Morgan fingerprint density at radius 2 is 1.84 bits per heavy atom. The average Bonchev–Trinajstić information content (AvgIpc) is 3.78. The largest absolute Gasteiger partial charge is 0.458 e. The summed E-state index contributed by atoms with van der Waals surface area (Å²) in [4.78, 5) is 40.2. The van der Waals surface area contributed by atoms with Crippen molar-refractivity contribution in [3.8, 4) is 23.0 Å². The molecule has 0 unspecified atom stereocenters. The summed E-state index contributed by atoms with van der Waals surface area (Å²) in [5.74, 6) is -1.17. The zero-order valence-corrected chi connectivity index (χ0v) is 26.6. The summed E-state index contributed by atoms with van der Waals surface area (Å²) in [6, 6.07) is 6.97. The monoisotopic (exact) mass is 670 g/mol. The van der Waals surface area contributed by atoms with Crippen molar-refractivity contribution < 1.29 is 27.4 Å². The number of rotatable bonds is 3. The normalized spacial score (nSPS) is 19.7. The number of nitrogens with zero attached hydrogens (tertiary/aromatic N) is 10. The maximum Gasteiger partial charge on any atom is 0.317 e. The highest BCUT2D eigenvalue weighted by atomic mass is 19.1. The Morgan fingerprint density at radius 3 is 2.65 bits per heavy atom. The van der Waals surface area contributed by atoms with Gasteiger partial charge in [0.05, 0.1) is 47.5 Å². The van der Waals surface area contributed by atoms with Gasteiger partial charge in [-0.25, -0.2) is 37.8 Å². The van der Waals surface area contributed by atoms with Gasteiger partial charge in [0.25, 0.3) is 0 Å². The molecule has 250 valence electrons. The van der Waals surface area contributed by atoms with Crippen LogP contribution < -0.4 is 9.64 Å². The highest BCUT2D eigenvalue weighted by Gasteiger charge is 2.42. The molecule has 13 nitrogen and oxygen atoms in total. The molecule has 4 bridgehead atoms. The Bertz CT molecular complexity index is 2260. The lowest BCUT2D eigenvalue weighted by molar-refractivity contribution is -0.133. The molecule has 2 aliphatic heterocycles. The highest BCUT2D eigenvalue weighted by Crippen LogP contribution is 2.35. The summed E-state index contributed by atoms with van der Waals surface area (Å²) in [5.41, 5.74) is 2.37. The van der Waals surface area contributed by atoms with Crippen molar-refractivity contribution in [2.45, 2.75) is 38.1 Å². The molecule has 1 saturated heterocycles. The summed E-state index contributed by atoms with van der Waals surface area (Å²) in [7, 11) is 3.28. The number of hydrogen-bond acceptors (Lipinski definition) is 10. The second-order valence-corrected chi connectivity index (χ2v) is 12.1. The minimum atomic E-state index is -0.811. The molecule has 0 aliphatic carbocycles. The van der Waals surface area contributed by atoms with Crippen LogP contribution in [0.15, 0.2) is 55.1 Å². The van der Waals surface area contributed by atoms with Gasteiger partial charge in [0.1, 0.15) is 47.4 Å². The number of methoxy groups -OCH3 is 1. The van der Waals surface area contributed by atoms with E-state index < -0.39 is 35.7 Å². The zero-order valence-electron chi connectivity index (χ0n) is 26.6. The van der Waals surface area contributed by atoms with Crippen molar-refractivity contribution in [2.24, 2.45) is 0 Å². The van der Waals surface area contributed by atoms with Gasteiger partial charge < -0.3 is 23.8 Å². The van der Waals surface area contributed by atoms with E-state index in [1.165, 1.54) is 41.6 Å². The fourth-order valence-corrected chi connectivity index (χ4v) is 6.77. The topological polar surface area (TPSA) is 129 Å². The van der Waals surface area contributed by atoms with Crippen molar-refractivity contribution >= 4 is 33.8 Å². The lowest BCUT2D eigenvalue weighted by atomic mass is 10.1. The minimum Gasteiger partial charge on any atom is -0.458 e. The van der Waals surface area contributed by atoms with Crippen LogP contribution in [0.2, 0.25) is 0 Å². The zero-order chi connectivity index (χ0) is 34.0. The molecular weight excluding hydrogens is 641 g/mol. The van der Waals surface area contributed by atoms with Crippen LogP contribution in [-0.2, 0) is 16.1 Å². The third kappa shape index (κ3) is 5.28. The molecule has 4 aromatic heterocycles. The molecule has 2 aromatic carbocycles. The summed E-state index contributed by atoms with van der Waals surface area (Å²) in [5, 5.41) is 4.79. The van der Waals surface area contributed by atoms with Gasteiger partial charge in [0.15, 0.2) is 11.5 Å². The van der Waals surface area contributed by atoms with Gasteiger partial charge in [0, 0.05) is 51.0 Å². The van der Waals surface area contributed by atoms with E-state index in [-0.39, 0.29) is 42.8 Å². The van der Waals surface area contributed by atoms with E-state index in [4.69, 9.17) is 9.47 Å². The van der Waals surface area contributed by atoms with Gasteiger partial charge in [-0.1, -0.05) is 0 Å². The van der Waals surface area contributed by atoms with Crippen molar-refractivity contribution in [2.75, 3.05) is 32.1 Å². The Labute approximate surface area is 276 Å². The summed E-state index contributed by atoms with van der Waals surface area (Å²) < 4.78 is 58.7. The van der Waals surface area contributed by atoms with E-state index in [1.54, 1.807) is 25.1 Å². The number of aryl methyl sites for hydroxylation is 1. The first kappa shape index (κ1) is 30.7. The predicted octanol–water partition coefficient (Wildman–Crippen LogP) is 3.86. The standard InChI is InChI=1S/C33H29F3N10O3/c1-17-41-26-10-19(35)8-22-25-6-7-37-33(42-25)49-20-11-28(32(47)43(2)13-21(48-3)15-44(17)29(22)26)45(14-20)30-23-12-40-46(31(23)39-16-38-30)27-5-4-18(34)9-24(27)36/h4-10,12,16,20-21,28H,11,13-15H2,1-3H3/t20-,21+,28-/m0/s1. The molecular formula is C33H29F3N10O3. The maximum absolute atomic E-state index is 14.9. The van der Waals surface area contributed by atoms with E-state index in [0.717, 1.165) is 12.1 Å².